The highest BCUT2D eigenvalue weighted by atomic mass is 35.5. The van der Waals surface area contributed by atoms with E-state index in [-0.39, 0.29) is 31.2 Å². The number of amides is 2. The lowest BCUT2D eigenvalue weighted by Gasteiger charge is -2.13. The van der Waals surface area contributed by atoms with Gasteiger partial charge in [0, 0.05) is 19.0 Å². The quantitative estimate of drug-likeness (QED) is 0.491. The Kier molecular flexibility index (Phi) is 6.82. The van der Waals surface area contributed by atoms with Crippen LogP contribution in [0.15, 0.2) is 29.2 Å². The number of thioether (sulfide) groups is 1. The molecular formula is C15H11Cl4N3O2S. The normalized spacial score (nSPS) is 10.5. The summed E-state index contributed by atoms with van der Waals surface area (Å²) in [7, 11) is 3.27. The third kappa shape index (κ3) is 4.71. The molecule has 0 radical (unpaired) electrons. The summed E-state index contributed by atoms with van der Waals surface area (Å²) in [6, 6.07) is 6.83. The zero-order chi connectivity index (χ0) is 18.7. The zero-order valence-corrected chi connectivity index (χ0v) is 16.8. The number of nitrogens with zero attached hydrogens (tertiary/aromatic N) is 2. The van der Waals surface area contributed by atoms with Crippen molar-refractivity contribution in [2.24, 2.45) is 0 Å². The van der Waals surface area contributed by atoms with Crippen molar-refractivity contribution in [3.05, 3.63) is 50.2 Å². The van der Waals surface area contributed by atoms with Gasteiger partial charge in [-0.1, -0.05) is 58.5 Å². The van der Waals surface area contributed by atoms with Gasteiger partial charge < -0.3 is 10.2 Å². The molecule has 2 aromatic rings. The molecular weight excluding hydrogens is 428 g/mol. The van der Waals surface area contributed by atoms with E-state index in [1.165, 1.54) is 4.90 Å². The van der Waals surface area contributed by atoms with Crippen LogP contribution in [-0.2, 0) is 0 Å². The fourth-order valence-electron chi connectivity index (χ4n) is 1.66. The molecule has 1 heterocycles. The van der Waals surface area contributed by atoms with Crippen molar-refractivity contribution in [2.45, 2.75) is 4.90 Å². The number of pyridine rings is 1. The highest BCUT2D eigenvalue weighted by Crippen LogP contribution is 2.36. The van der Waals surface area contributed by atoms with E-state index in [0.29, 0.717) is 10.6 Å². The van der Waals surface area contributed by atoms with Gasteiger partial charge in [-0.15, -0.1) is 0 Å². The van der Waals surface area contributed by atoms with E-state index in [2.05, 4.69) is 10.3 Å². The smallest absolute Gasteiger partial charge is 0.286 e. The summed E-state index contributed by atoms with van der Waals surface area (Å²) in [5, 5.41) is 2.14. The Morgan fingerprint density at radius 1 is 1.04 bits per heavy atom. The van der Waals surface area contributed by atoms with E-state index < -0.39 is 5.91 Å². The lowest BCUT2D eigenvalue weighted by molar-refractivity contribution is 0.102. The van der Waals surface area contributed by atoms with E-state index in [1.807, 2.05) is 0 Å². The molecule has 10 heteroatoms. The maximum absolute atomic E-state index is 12.5. The summed E-state index contributed by atoms with van der Waals surface area (Å²) < 4.78 is 0. The van der Waals surface area contributed by atoms with Crippen LogP contribution >= 0.6 is 58.2 Å². The molecule has 0 unspecified atom stereocenters. The molecule has 0 fully saturated rings. The number of benzene rings is 1. The van der Waals surface area contributed by atoms with Gasteiger partial charge in [-0.3, -0.25) is 9.59 Å². The molecule has 2 rings (SSSR count). The van der Waals surface area contributed by atoms with Crippen LogP contribution in [0, 0.1) is 0 Å². The average molecular weight is 439 g/mol. The minimum absolute atomic E-state index is 0.0302. The lowest BCUT2D eigenvalue weighted by Crippen LogP contribution is -2.18. The van der Waals surface area contributed by atoms with E-state index in [9.17, 15) is 9.59 Å². The maximum atomic E-state index is 12.5. The Labute approximate surface area is 168 Å². The second-order valence-electron chi connectivity index (χ2n) is 4.91. The monoisotopic (exact) mass is 437 g/mol. The molecule has 0 bridgehead atoms. The van der Waals surface area contributed by atoms with Crippen molar-refractivity contribution >= 4 is 75.0 Å². The molecule has 0 saturated heterocycles. The second kappa shape index (κ2) is 8.47. The third-order valence-electron chi connectivity index (χ3n) is 2.90. The fourth-order valence-corrected chi connectivity index (χ4v) is 3.22. The first-order valence-electron chi connectivity index (χ1n) is 6.72. The first-order chi connectivity index (χ1) is 11.7. The predicted molar refractivity (Wildman–Crippen MR) is 104 cm³/mol. The number of para-hydroxylation sites is 1. The summed E-state index contributed by atoms with van der Waals surface area (Å²) in [6.45, 7) is 0. The number of hydrogen-bond donors (Lipinski definition) is 1. The van der Waals surface area contributed by atoms with Gasteiger partial charge in [-0.2, -0.15) is 0 Å². The van der Waals surface area contributed by atoms with Crippen molar-refractivity contribution in [1.82, 2.24) is 9.88 Å². The molecule has 132 valence electrons. The number of halogens is 4. The van der Waals surface area contributed by atoms with Crippen molar-refractivity contribution in [1.29, 1.82) is 0 Å². The molecule has 0 aliphatic carbocycles. The van der Waals surface area contributed by atoms with Gasteiger partial charge in [0.25, 0.3) is 11.1 Å². The topological polar surface area (TPSA) is 62.3 Å². The van der Waals surface area contributed by atoms with Crippen molar-refractivity contribution in [2.75, 3.05) is 19.4 Å². The molecule has 1 aromatic heterocycles. The van der Waals surface area contributed by atoms with E-state index in [4.69, 9.17) is 46.4 Å². The molecule has 0 atom stereocenters. The standard InChI is InChI=1S/C15H11Cl4N3O2S/c1-22(2)15(24)25-8-6-4-3-5-7(8)20-14(23)12-10(17)9(16)11(18)13(19)21-12/h3-6H,1-2H3,(H,20,23). The lowest BCUT2D eigenvalue weighted by atomic mass is 10.3. The number of nitrogens with one attached hydrogen (secondary N) is 1. The summed E-state index contributed by atoms with van der Waals surface area (Å²) in [4.78, 5) is 30.3. The molecule has 0 aliphatic heterocycles. The van der Waals surface area contributed by atoms with Gasteiger partial charge in [0.1, 0.15) is 10.8 Å². The summed E-state index contributed by atoms with van der Waals surface area (Å²) in [5.41, 5.74) is 0.257. The fraction of sp³-hybridized carbons (Fsp3) is 0.133. The summed E-state index contributed by atoms with van der Waals surface area (Å²) in [6.07, 6.45) is 0. The molecule has 25 heavy (non-hydrogen) atoms. The van der Waals surface area contributed by atoms with Gasteiger partial charge in [0.05, 0.1) is 20.8 Å². The maximum Gasteiger partial charge on any atom is 0.286 e. The van der Waals surface area contributed by atoms with E-state index >= 15 is 0 Å². The molecule has 0 aliphatic rings. The van der Waals surface area contributed by atoms with Gasteiger partial charge in [0.15, 0.2) is 0 Å². The minimum Gasteiger partial charge on any atom is -0.339 e. The zero-order valence-electron chi connectivity index (χ0n) is 12.9. The first kappa shape index (κ1) is 20.1. The Bertz CT molecular complexity index is 846. The number of anilines is 1. The van der Waals surface area contributed by atoms with Crippen LogP contribution < -0.4 is 5.32 Å². The molecule has 1 aromatic carbocycles. The largest absolute Gasteiger partial charge is 0.339 e. The molecule has 5 nitrogen and oxygen atoms in total. The minimum atomic E-state index is -0.629. The second-order valence-corrected chi connectivity index (χ2v) is 7.39. The predicted octanol–water partition coefficient (Wildman–Crippen LogP) is 5.72. The number of carbonyl (C=O) groups excluding carboxylic acids is 2. The number of rotatable bonds is 3. The Morgan fingerprint density at radius 2 is 1.68 bits per heavy atom. The Morgan fingerprint density at radius 3 is 2.32 bits per heavy atom. The SMILES string of the molecule is CN(C)C(=O)Sc1ccccc1NC(=O)c1nc(Cl)c(Cl)c(Cl)c1Cl. The van der Waals surface area contributed by atoms with Gasteiger partial charge in [-0.25, -0.2) is 4.98 Å². The van der Waals surface area contributed by atoms with Crippen LogP contribution in [0.4, 0.5) is 10.5 Å². The Hall–Kier alpha value is -1.18. The average Bonchev–Trinajstić information content (AvgIpc) is 2.57. The van der Waals surface area contributed by atoms with Crippen LogP contribution in [0.3, 0.4) is 0 Å². The van der Waals surface area contributed by atoms with Crippen LogP contribution in [0.1, 0.15) is 10.5 Å². The van der Waals surface area contributed by atoms with Gasteiger partial charge >= 0.3 is 0 Å². The third-order valence-corrected chi connectivity index (χ3v) is 5.69. The van der Waals surface area contributed by atoms with E-state index in [0.717, 1.165) is 11.8 Å². The molecule has 1 N–H and O–H groups in total. The highest BCUT2D eigenvalue weighted by molar-refractivity contribution is 8.13. The van der Waals surface area contributed by atoms with Crippen molar-refractivity contribution < 1.29 is 9.59 Å². The van der Waals surface area contributed by atoms with Crippen LogP contribution in [0.2, 0.25) is 20.2 Å². The van der Waals surface area contributed by atoms with Crippen molar-refractivity contribution in [3.8, 4) is 0 Å². The molecule has 2 amide bonds. The van der Waals surface area contributed by atoms with Crippen LogP contribution in [-0.4, -0.2) is 35.1 Å². The number of hydrogen-bond acceptors (Lipinski definition) is 4. The first-order valence-corrected chi connectivity index (χ1v) is 9.04. The number of carbonyl (C=O) groups is 2. The molecule has 0 spiro atoms. The van der Waals surface area contributed by atoms with Crippen molar-refractivity contribution in [3.63, 3.8) is 0 Å². The van der Waals surface area contributed by atoms with Gasteiger partial charge in [-0.05, 0) is 23.9 Å². The summed E-state index contributed by atoms with van der Waals surface area (Å²) >= 11 is 24.7. The highest BCUT2D eigenvalue weighted by Gasteiger charge is 2.21. The molecule has 0 saturated carbocycles. The summed E-state index contributed by atoms with van der Waals surface area (Å²) in [5.74, 6) is -0.629. The Balaban J connectivity index is 2.32. The van der Waals surface area contributed by atoms with Gasteiger partial charge in [0.2, 0.25) is 0 Å². The van der Waals surface area contributed by atoms with E-state index in [1.54, 1.807) is 38.4 Å². The van der Waals surface area contributed by atoms with Crippen LogP contribution in [0.5, 0.6) is 0 Å². The van der Waals surface area contributed by atoms with Crippen LogP contribution in [0.25, 0.3) is 0 Å². The number of aromatic nitrogens is 1.